The average molecular weight is 290 g/mol. The third-order valence-electron chi connectivity index (χ3n) is 4.04. The topological polar surface area (TPSA) is 52.6 Å². The van der Waals surface area contributed by atoms with Gasteiger partial charge in [0.2, 0.25) is 5.91 Å². The molecule has 1 unspecified atom stereocenters. The van der Waals surface area contributed by atoms with Gasteiger partial charge in [-0.2, -0.15) is 0 Å². The highest BCUT2D eigenvalue weighted by Gasteiger charge is 2.25. The minimum Gasteiger partial charge on any atom is -0.392 e. The fraction of sp³-hybridized carbons (Fsp3) is 0.588. The third kappa shape index (κ3) is 4.83. The number of amides is 1. The lowest BCUT2D eigenvalue weighted by molar-refractivity contribution is -0.126. The first-order valence-electron chi connectivity index (χ1n) is 7.91. The molecule has 116 valence electrons. The summed E-state index contributed by atoms with van der Waals surface area (Å²) in [5.41, 5.74) is 2.18. The molecule has 0 radical (unpaired) electrons. The molecule has 1 aliphatic rings. The van der Waals surface area contributed by atoms with Crippen LogP contribution < -0.4 is 5.32 Å². The lowest BCUT2D eigenvalue weighted by Gasteiger charge is -2.32. The summed E-state index contributed by atoms with van der Waals surface area (Å²) in [5.74, 6) is 0.333. The monoisotopic (exact) mass is 290 g/mol. The maximum absolute atomic E-state index is 12.1. The maximum Gasteiger partial charge on any atom is 0.224 e. The highest BCUT2D eigenvalue weighted by atomic mass is 16.3. The van der Waals surface area contributed by atoms with Gasteiger partial charge in [-0.1, -0.05) is 31.2 Å². The number of aliphatic hydroxyl groups is 1. The highest BCUT2D eigenvalue weighted by Crippen LogP contribution is 2.19. The van der Waals surface area contributed by atoms with Gasteiger partial charge in [-0.15, -0.1) is 0 Å². The summed E-state index contributed by atoms with van der Waals surface area (Å²) in [5, 5.41) is 12.1. The summed E-state index contributed by atoms with van der Waals surface area (Å²) in [6.45, 7) is 5.71. The molecule has 1 saturated heterocycles. The van der Waals surface area contributed by atoms with Crippen LogP contribution in [0, 0.1) is 5.92 Å². The summed E-state index contributed by atoms with van der Waals surface area (Å²) in [6.07, 6.45) is 3.06. The standard InChI is InChI=1S/C17H26N2O2/c1-2-9-18-17(21)16-4-3-10-19(12-16)11-14-5-7-15(13-20)8-6-14/h5-8,16,20H,2-4,9-13H2,1H3,(H,18,21). The van der Waals surface area contributed by atoms with Crippen molar-refractivity contribution >= 4 is 5.91 Å². The lowest BCUT2D eigenvalue weighted by Crippen LogP contribution is -2.42. The summed E-state index contributed by atoms with van der Waals surface area (Å²) in [4.78, 5) is 14.4. The number of piperidine rings is 1. The number of likely N-dealkylation sites (tertiary alicyclic amines) is 1. The lowest BCUT2D eigenvalue weighted by atomic mass is 9.96. The zero-order valence-electron chi connectivity index (χ0n) is 12.8. The van der Waals surface area contributed by atoms with Gasteiger partial charge in [0.1, 0.15) is 0 Å². The van der Waals surface area contributed by atoms with Gasteiger partial charge >= 0.3 is 0 Å². The van der Waals surface area contributed by atoms with Crippen LogP contribution >= 0.6 is 0 Å². The van der Waals surface area contributed by atoms with E-state index < -0.39 is 0 Å². The number of aliphatic hydroxyl groups excluding tert-OH is 1. The molecule has 0 saturated carbocycles. The second-order valence-electron chi connectivity index (χ2n) is 5.84. The predicted octanol–water partition coefficient (Wildman–Crippen LogP) is 1.92. The minimum atomic E-state index is 0.0870. The van der Waals surface area contributed by atoms with Crippen LogP contribution in [0.25, 0.3) is 0 Å². The Bertz CT molecular complexity index is 445. The number of carbonyl (C=O) groups excluding carboxylic acids is 1. The van der Waals surface area contributed by atoms with Gasteiger partial charge in [-0.25, -0.2) is 0 Å². The Morgan fingerprint density at radius 3 is 2.71 bits per heavy atom. The Hall–Kier alpha value is -1.39. The first-order valence-corrected chi connectivity index (χ1v) is 7.91. The molecule has 1 amide bonds. The van der Waals surface area contributed by atoms with Crippen molar-refractivity contribution in [3.05, 3.63) is 35.4 Å². The zero-order valence-corrected chi connectivity index (χ0v) is 12.8. The number of carbonyl (C=O) groups is 1. The number of nitrogens with zero attached hydrogens (tertiary/aromatic N) is 1. The molecule has 21 heavy (non-hydrogen) atoms. The molecule has 1 fully saturated rings. The third-order valence-corrected chi connectivity index (χ3v) is 4.04. The van der Waals surface area contributed by atoms with Crippen LogP contribution in [0.1, 0.15) is 37.3 Å². The average Bonchev–Trinajstić information content (AvgIpc) is 2.53. The molecular weight excluding hydrogens is 264 g/mol. The summed E-state index contributed by atoms with van der Waals surface area (Å²) < 4.78 is 0. The Kier molecular flexibility index (Phi) is 6.21. The molecule has 2 rings (SSSR count). The van der Waals surface area contributed by atoms with E-state index in [0.717, 1.165) is 51.0 Å². The van der Waals surface area contributed by atoms with E-state index in [4.69, 9.17) is 5.11 Å². The second-order valence-corrected chi connectivity index (χ2v) is 5.84. The first-order chi connectivity index (χ1) is 10.2. The van der Waals surface area contributed by atoms with Crippen molar-refractivity contribution in [2.24, 2.45) is 5.92 Å². The van der Waals surface area contributed by atoms with Crippen molar-refractivity contribution < 1.29 is 9.90 Å². The van der Waals surface area contributed by atoms with Crippen molar-refractivity contribution in [1.29, 1.82) is 0 Å². The van der Waals surface area contributed by atoms with Gasteiger partial charge in [-0.05, 0) is 36.9 Å². The normalized spacial score (nSPS) is 19.4. The molecule has 2 N–H and O–H groups in total. The molecule has 0 aliphatic carbocycles. The van der Waals surface area contributed by atoms with Crippen LogP contribution in [0.15, 0.2) is 24.3 Å². The van der Waals surface area contributed by atoms with Crippen LogP contribution in [0.4, 0.5) is 0 Å². The van der Waals surface area contributed by atoms with Crippen LogP contribution in [-0.4, -0.2) is 35.5 Å². The Labute approximate surface area is 127 Å². The van der Waals surface area contributed by atoms with E-state index >= 15 is 0 Å². The minimum absolute atomic E-state index is 0.0870. The molecule has 1 aromatic carbocycles. The molecule has 0 aromatic heterocycles. The van der Waals surface area contributed by atoms with Crippen molar-refractivity contribution in [3.8, 4) is 0 Å². The van der Waals surface area contributed by atoms with Gasteiger partial charge in [0.15, 0.2) is 0 Å². The Balaban J connectivity index is 1.86. The van der Waals surface area contributed by atoms with E-state index in [2.05, 4.69) is 29.3 Å². The number of nitrogens with one attached hydrogen (secondary N) is 1. The second kappa shape index (κ2) is 8.15. The molecule has 1 heterocycles. The van der Waals surface area contributed by atoms with Crippen LogP contribution in [0.5, 0.6) is 0 Å². The quantitative estimate of drug-likeness (QED) is 0.841. The first kappa shape index (κ1) is 16.0. The molecular formula is C17H26N2O2. The SMILES string of the molecule is CCCNC(=O)C1CCCN(Cc2ccc(CO)cc2)C1. The number of hydrogen-bond donors (Lipinski definition) is 2. The number of hydrogen-bond acceptors (Lipinski definition) is 3. The summed E-state index contributed by atoms with van der Waals surface area (Å²) >= 11 is 0. The van der Waals surface area contributed by atoms with E-state index in [9.17, 15) is 4.79 Å². The highest BCUT2D eigenvalue weighted by molar-refractivity contribution is 5.78. The van der Waals surface area contributed by atoms with Gasteiger partial charge in [-0.3, -0.25) is 9.69 Å². The van der Waals surface area contributed by atoms with Crippen LogP contribution in [0.2, 0.25) is 0 Å². The predicted molar refractivity (Wildman–Crippen MR) is 83.7 cm³/mol. The molecule has 0 spiro atoms. The smallest absolute Gasteiger partial charge is 0.224 e. The van der Waals surface area contributed by atoms with E-state index in [1.165, 1.54) is 5.56 Å². The van der Waals surface area contributed by atoms with Gasteiger partial charge in [0, 0.05) is 19.6 Å². The maximum atomic E-state index is 12.1. The van der Waals surface area contributed by atoms with Gasteiger partial charge in [0.05, 0.1) is 12.5 Å². The van der Waals surface area contributed by atoms with Crippen LogP contribution in [0.3, 0.4) is 0 Å². The fourth-order valence-electron chi connectivity index (χ4n) is 2.81. The zero-order chi connectivity index (χ0) is 15.1. The largest absolute Gasteiger partial charge is 0.392 e. The van der Waals surface area contributed by atoms with E-state index in [0.29, 0.717) is 0 Å². The van der Waals surface area contributed by atoms with Crippen molar-refractivity contribution in [2.75, 3.05) is 19.6 Å². The molecule has 1 aliphatic heterocycles. The van der Waals surface area contributed by atoms with E-state index in [1.54, 1.807) is 0 Å². The molecule has 1 atom stereocenters. The van der Waals surface area contributed by atoms with Gasteiger partial charge < -0.3 is 10.4 Å². The fourth-order valence-corrected chi connectivity index (χ4v) is 2.81. The molecule has 4 heteroatoms. The van der Waals surface area contributed by atoms with Crippen molar-refractivity contribution in [1.82, 2.24) is 10.2 Å². The Morgan fingerprint density at radius 1 is 1.33 bits per heavy atom. The number of benzene rings is 1. The van der Waals surface area contributed by atoms with E-state index in [1.807, 2.05) is 12.1 Å². The van der Waals surface area contributed by atoms with E-state index in [-0.39, 0.29) is 18.4 Å². The van der Waals surface area contributed by atoms with Crippen molar-refractivity contribution in [2.45, 2.75) is 39.3 Å². The summed E-state index contributed by atoms with van der Waals surface area (Å²) in [6, 6.07) is 8.05. The molecule has 1 aromatic rings. The van der Waals surface area contributed by atoms with Gasteiger partial charge in [0.25, 0.3) is 0 Å². The Morgan fingerprint density at radius 2 is 2.05 bits per heavy atom. The van der Waals surface area contributed by atoms with Crippen molar-refractivity contribution in [3.63, 3.8) is 0 Å². The number of rotatable bonds is 6. The molecule has 0 bridgehead atoms. The van der Waals surface area contributed by atoms with Crippen LogP contribution in [-0.2, 0) is 17.9 Å². The molecule has 4 nitrogen and oxygen atoms in total. The summed E-state index contributed by atoms with van der Waals surface area (Å²) in [7, 11) is 0.